The van der Waals surface area contributed by atoms with Crippen molar-refractivity contribution in [2.24, 2.45) is 0 Å². The average Bonchev–Trinajstić information content (AvgIpc) is 2.49. The Morgan fingerprint density at radius 2 is 2.14 bits per heavy atom. The molecule has 0 saturated carbocycles. The average molecular weight is 306 g/mol. The smallest absolute Gasteiger partial charge is 0.226 e. The minimum atomic E-state index is 0.105. The lowest BCUT2D eigenvalue weighted by Crippen LogP contribution is -2.46. The zero-order valence-electron chi connectivity index (χ0n) is 13.7. The zero-order valence-corrected chi connectivity index (χ0v) is 13.7. The summed E-state index contributed by atoms with van der Waals surface area (Å²) in [6.45, 7) is 5.82. The van der Waals surface area contributed by atoms with Crippen LogP contribution in [0, 0.1) is 0 Å². The molecule has 0 radical (unpaired) electrons. The number of morpholine rings is 1. The quantitative estimate of drug-likeness (QED) is 0.797. The normalized spacial score (nSPS) is 19.0. The second kappa shape index (κ2) is 8.15. The molecule has 1 amide bonds. The van der Waals surface area contributed by atoms with Crippen LogP contribution >= 0.6 is 0 Å². The number of hydrogen-bond acceptors (Lipinski definition) is 4. The maximum absolute atomic E-state index is 12.3. The van der Waals surface area contributed by atoms with E-state index in [-0.39, 0.29) is 12.0 Å². The first kappa shape index (κ1) is 16.8. The molecule has 1 aromatic rings. The fraction of sp³-hybridized carbons (Fsp3) is 0.588. The summed E-state index contributed by atoms with van der Waals surface area (Å²) < 4.78 is 11.1. The van der Waals surface area contributed by atoms with Crippen molar-refractivity contribution in [2.75, 3.05) is 46.9 Å². The first-order valence-electron chi connectivity index (χ1n) is 7.84. The highest BCUT2D eigenvalue weighted by Crippen LogP contribution is 2.13. The lowest BCUT2D eigenvalue weighted by molar-refractivity contribution is -0.132. The lowest BCUT2D eigenvalue weighted by atomic mass is 10.1. The molecule has 5 heteroatoms. The van der Waals surface area contributed by atoms with Crippen LogP contribution in [0.25, 0.3) is 0 Å². The molecule has 1 atom stereocenters. The number of carbonyl (C=O) groups excluding carboxylic acids is 1. The molecule has 0 aromatic heterocycles. The number of nitrogens with zero attached hydrogens (tertiary/aromatic N) is 2. The summed E-state index contributed by atoms with van der Waals surface area (Å²) in [5.74, 6) is 0.951. The van der Waals surface area contributed by atoms with E-state index in [0.717, 1.165) is 31.0 Å². The maximum Gasteiger partial charge on any atom is 0.226 e. The van der Waals surface area contributed by atoms with E-state index in [4.69, 9.17) is 9.47 Å². The second-order valence-electron chi connectivity index (χ2n) is 5.78. The fourth-order valence-electron chi connectivity index (χ4n) is 2.56. The molecule has 22 heavy (non-hydrogen) atoms. The third-order valence-corrected chi connectivity index (χ3v) is 3.83. The van der Waals surface area contributed by atoms with Crippen molar-refractivity contribution in [1.29, 1.82) is 0 Å². The Hall–Kier alpha value is -1.59. The number of likely N-dealkylation sites (N-methyl/N-ethyl adjacent to an activating group) is 2. The van der Waals surface area contributed by atoms with Crippen molar-refractivity contribution >= 4 is 5.91 Å². The van der Waals surface area contributed by atoms with Gasteiger partial charge in [-0.05, 0) is 31.7 Å². The van der Waals surface area contributed by atoms with E-state index in [1.54, 1.807) is 4.90 Å². The van der Waals surface area contributed by atoms with Gasteiger partial charge in [0, 0.05) is 26.7 Å². The van der Waals surface area contributed by atoms with Crippen molar-refractivity contribution in [3.8, 4) is 5.75 Å². The molecule has 0 aliphatic carbocycles. The van der Waals surface area contributed by atoms with Crippen LogP contribution in [0.4, 0.5) is 0 Å². The Labute approximate surface area is 132 Å². The molecule has 0 N–H and O–H groups in total. The lowest BCUT2D eigenvalue weighted by Gasteiger charge is -2.32. The fourth-order valence-corrected chi connectivity index (χ4v) is 2.56. The summed E-state index contributed by atoms with van der Waals surface area (Å²) in [6, 6.07) is 7.71. The van der Waals surface area contributed by atoms with E-state index < -0.39 is 0 Å². The van der Waals surface area contributed by atoms with E-state index in [2.05, 4.69) is 11.9 Å². The monoisotopic (exact) mass is 306 g/mol. The topological polar surface area (TPSA) is 42.0 Å². The van der Waals surface area contributed by atoms with Crippen LogP contribution in [0.3, 0.4) is 0 Å². The van der Waals surface area contributed by atoms with Gasteiger partial charge in [0.15, 0.2) is 0 Å². The molecular formula is C17H26N2O3. The van der Waals surface area contributed by atoms with E-state index in [1.807, 2.05) is 38.2 Å². The minimum absolute atomic E-state index is 0.105. The number of rotatable bonds is 6. The Morgan fingerprint density at radius 3 is 2.77 bits per heavy atom. The number of hydrogen-bond donors (Lipinski definition) is 0. The number of carbonyl (C=O) groups is 1. The third kappa shape index (κ3) is 5.00. The van der Waals surface area contributed by atoms with Crippen LogP contribution in [-0.4, -0.2) is 68.8 Å². The molecular weight excluding hydrogens is 280 g/mol. The van der Waals surface area contributed by atoms with Crippen molar-refractivity contribution in [3.63, 3.8) is 0 Å². The Kier molecular flexibility index (Phi) is 6.21. The highest BCUT2D eigenvalue weighted by Gasteiger charge is 2.21. The zero-order chi connectivity index (χ0) is 15.9. The van der Waals surface area contributed by atoms with Crippen molar-refractivity contribution in [2.45, 2.75) is 19.4 Å². The highest BCUT2D eigenvalue weighted by molar-refractivity contribution is 5.78. The summed E-state index contributed by atoms with van der Waals surface area (Å²) in [6.07, 6.45) is 0.513. The molecule has 1 aliphatic rings. The summed E-state index contributed by atoms with van der Waals surface area (Å²) in [5.41, 5.74) is 1.00. The molecule has 1 aromatic carbocycles. The van der Waals surface area contributed by atoms with Gasteiger partial charge in [-0.2, -0.15) is 0 Å². The van der Waals surface area contributed by atoms with E-state index in [1.165, 1.54) is 0 Å². The predicted molar refractivity (Wildman–Crippen MR) is 86.2 cm³/mol. The van der Waals surface area contributed by atoms with Gasteiger partial charge in [0.1, 0.15) is 5.75 Å². The molecule has 2 rings (SSSR count). The summed E-state index contributed by atoms with van der Waals surface area (Å²) in [7, 11) is 3.92. The summed E-state index contributed by atoms with van der Waals surface area (Å²) >= 11 is 0. The highest BCUT2D eigenvalue weighted by atomic mass is 16.5. The van der Waals surface area contributed by atoms with Gasteiger partial charge in [0.25, 0.3) is 0 Å². The van der Waals surface area contributed by atoms with Gasteiger partial charge >= 0.3 is 0 Å². The summed E-state index contributed by atoms with van der Waals surface area (Å²) in [4.78, 5) is 16.3. The number of ether oxygens (including phenoxy) is 2. The first-order chi connectivity index (χ1) is 10.6. The van der Waals surface area contributed by atoms with E-state index in [0.29, 0.717) is 19.6 Å². The molecule has 5 nitrogen and oxygen atoms in total. The number of amides is 1. The standard InChI is InChI=1S/C17H26N2O3/c1-4-21-15-7-5-14(6-8-15)11-17(20)19(3)13-16-12-18(2)9-10-22-16/h5-8,16H,4,9-13H2,1-3H3. The van der Waals surface area contributed by atoms with Gasteiger partial charge in [0.2, 0.25) is 5.91 Å². The van der Waals surface area contributed by atoms with Crippen molar-refractivity contribution < 1.29 is 14.3 Å². The molecule has 122 valence electrons. The first-order valence-corrected chi connectivity index (χ1v) is 7.84. The van der Waals surface area contributed by atoms with Gasteiger partial charge < -0.3 is 19.3 Å². The molecule has 0 spiro atoms. The Bertz CT molecular complexity index is 475. The third-order valence-electron chi connectivity index (χ3n) is 3.83. The number of benzene rings is 1. The minimum Gasteiger partial charge on any atom is -0.494 e. The Balaban J connectivity index is 1.82. The second-order valence-corrected chi connectivity index (χ2v) is 5.78. The molecule has 1 heterocycles. The summed E-state index contributed by atoms with van der Waals surface area (Å²) in [5, 5.41) is 0. The van der Waals surface area contributed by atoms with Gasteiger partial charge in [-0.15, -0.1) is 0 Å². The Morgan fingerprint density at radius 1 is 1.41 bits per heavy atom. The van der Waals surface area contributed by atoms with Crippen LogP contribution < -0.4 is 4.74 Å². The molecule has 1 saturated heterocycles. The molecule has 1 unspecified atom stereocenters. The van der Waals surface area contributed by atoms with Crippen LogP contribution in [0.15, 0.2) is 24.3 Å². The van der Waals surface area contributed by atoms with E-state index in [9.17, 15) is 4.79 Å². The van der Waals surface area contributed by atoms with Gasteiger partial charge in [0.05, 0.1) is 25.7 Å². The van der Waals surface area contributed by atoms with Gasteiger partial charge in [-0.25, -0.2) is 0 Å². The molecule has 1 aliphatic heterocycles. The van der Waals surface area contributed by atoms with Crippen molar-refractivity contribution in [3.05, 3.63) is 29.8 Å². The van der Waals surface area contributed by atoms with Crippen LogP contribution in [0.5, 0.6) is 5.75 Å². The van der Waals surface area contributed by atoms with Crippen molar-refractivity contribution in [1.82, 2.24) is 9.80 Å². The van der Waals surface area contributed by atoms with Crippen LogP contribution in [0.1, 0.15) is 12.5 Å². The van der Waals surface area contributed by atoms with Crippen LogP contribution in [-0.2, 0) is 16.0 Å². The largest absolute Gasteiger partial charge is 0.494 e. The molecule has 1 fully saturated rings. The maximum atomic E-state index is 12.3. The SMILES string of the molecule is CCOc1ccc(CC(=O)N(C)CC2CN(C)CCO2)cc1. The van der Waals surface area contributed by atoms with E-state index >= 15 is 0 Å². The molecule has 0 bridgehead atoms. The van der Waals surface area contributed by atoms with Gasteiger partial charge in [-0.3, -0.25) is 4.79 Å². The predicted octanol–water partition coefficient (Wildman–Crippen LogP) is 1.42. The van der Waals surface area contributed by atoms with Gasteiger partial charge in [-0.1, -0.05) is 12.1 Å². The van der Waals surface area contributed by atoms with Crippen LogP contribution in [0.2, 0.25) is 0 Å².